The molecule has 2 unspecified atom stereocenters. The van der Waals surface area contributed by atoms with E-state index in [1.807, 2.05) is 6.92 Å². The van der Waals surface area contributed by atoms with Gasteiger partial charge in [0.2, 0.25) is 5.91 Å². The molecule has 1 saturated heterocycles. The Morgan fingerprint density at radius 1 is 1.38 bits per heavy atom. The van der Waals surface area contributed by atoms with Crippen molar-refractivity contribution in [1.29, 1.82) is 0 Å². The van der Waals surface area contributed by atoms with Crippen molar-refractivity contribution in [3.8, 4) is 0 Å². The number of rotatable bonds is 2. The molecule has 1 amide bonds. The van der Waals surface area contributed by atoms with E-state index in [1.165, 1.54) is 32.1 Å². The van der Waals surface area contributed by atoms with E-state index in [9.17, 15) is 4.79 Å². The predicted molar refractivity (Wildman–Crippen MR) is 65.0 cm³/mol. The molecule has 3 nitrogen and oxygen atoms in total. The van der Waals surface area contributed by atoms with Gasteiger partial charge in [-0.05, 0) is 33.1 Å². The summed E-state index contributed by atoms with van der Waals surface area (Å²) < 4.78 is 0. The van der Waals surface area contributed by atoms with Crippen LogP contribution in [0, 0.1) is 0 Å². The third-order valence-electron chi connectivity index (χ3n) is 4.33. The Morgan fingerprint density at radius 3 is 2.50 bits per heavy atom. The molecule has 0 aromatic heterocycles. The summed E-state index contributed by atoms with van der Waals surface area (Å²) in [6.07, 6.45) is 7.37. The molecule has 1 saturated carbocycles. The smallest absolute Gasteiger partial charge is 0.244 e. The molecule has 1 aliphatic carbocycles. The Hall–Kier alpha value is -0.570. The summed E-state index contributed by atoms with van der Waals surface area (Å²) in [5.74, 6) is 0.314. The van der Waals surface area contributed by atoms with Crippen molar-refractivity contribution in [3.05, 3.63) is 0 Å². The van der Waals surface area contributed by atoms with Gasteiger partial charge in [0.25, 0.3) is 0 Å². The summed E-state index contributed by atoms with van der Waals surface area (Å²) >= 11 is 0. The fourth-order valence-corrected chi connectivity index (χ4v) is 3.15. The number of carbonyl (C=O) groups excluding carboxylic acids is 1. The molecule has 0 aromatic carbocycles. The van der Waals surface area contributed by atoms with Crippen molar-refractivity contribution in [1.82, 2.24) is 10.2 Å². The highest BCUT2D eigenvalue weighted by atomic mass is 16.2. The number of nitrogens with zero attached hydrogens (tertiary/aromatic N) is 1. The van der Waals surface area contributed by atoms with E-state index in [4.69, 9.17) is 0 Å². The molecule has 0 aromatic rings. The largest absolute Gasteiger partial charge is 0.323 e. The number of hydrogen-bond acceptors (Lipinski definition) is 2. The van der Waals surface area contributed by atoms with Crippen LogP contribution in [0.4, 0.5) is 0 Å². The second-order valence-electron chi connectivity index (χ2n) is 5.51. The van der Waals surface area contributed by atoms with Crippen LogP contribution in [0.3, 0.4) is 0 Å². The maximum absolute atomic E-state index is 12.4. The molecule has 0 radical (unpaired) electrons. The van der Waals surface area contributed by atoms with Gasteiger partial charge in [0, 0.05) is 6.04 Å². The minimum Gasteiger partial charge on any atom is -0.323 e. The van der Waals surface area contributed by atoms with Crippen LogP contribution in [0.15, 0.2) is 0 Å². The van der Waals surface area contributed by atoms with Crippen molar-refractivity contribution in [3.63, 3.8) is 0 Å². The highest BCUT2D eigenvalue weighted by Gasteiger charge is 2.47. The van der Waals surface area contributed by atoms with Crippen LogP contribution in [0.25, 0.3) is 0 Å². The molecular formula is C13H24N2O. The fourth-order valence-electron chi connectivity index (χ4n) is 3.15. The van der Waals surface area contributed by atoms with E-state index in [2.05, 4.69) is 24.1 Å². The molecular weight excluding hydrogens is 200 g/mol. The molecule has 2 aliphatic rings. The van der Waals surface area contributed by atoms with Crippen molar-refractivity contribution in [2.24, 2.45) is 0 Å². The molecule has 92 valence electrons. The molecule has 2 rings (SSSR count). The van der Waals surface area contributed by atoms with Crippen LogP contribution in [0.1, 0.15) is 59.3 Å². The van der Waals surface area contributed by atoms with Crippen molar-refractivity contribution in [2.75, 3.05) is 0 Å². The molecule has 1 aliphatic heterocycles. The first-order chi connectivity index (χ1) is 7.58. The Morgan fingerprint density at radius 2 is 2.00 bits per heavy atom. The van der Waals surface area contributed by atoms with Crippen LogP contribution in [-0.4, -0.2) is 28.6 Å². The molecule has 1 heterocycles. The molecule has 2 atom stereocenters. The lowest BCUT2D eigenvalue weighted by Gasteiger charge is -2.34. The zero-order valence-corrected chi connectivity index (χ0v) is 10.8. The summed E-state index contributed by atoms with van der Waals surface area (Å²) in [5.41, 5.74) is -0.323. The fraction of sp³-hybridized carbons (Fsp3) is 0.923. The number of amides is 1. The van der Waals surface area contributed by atoms with E-state index >= 15 is 0 Å². The third kappa shape index (κ3) is 1.86. The molecule has 3 heteroatoms. The van der Waals surface area contributed by atoms with E-state index in [1.54, 1.807) is 0 Å². The first-order valence-electron chi connectivity index (χ1n) is 6.69. The quantitative estimate of drug-likeness (QED) is 0.780. The maximum Gasteiger partial charge on any atom is 0.244 e. The lowest BCUT2D eigenvalue weighted by molar-refractivity contribution is -0.135. The molecule has 0 bridgehead atoms. The van der Waals surface area contributed by atoms with Crippen LogP contribution in [0.5, 0.6) is 0 Å². The van der Waals surface area contributed by atoms with Crippen molar-refractivity contribution >= 4 is 5.91 Å². The SMILES string of the molecule is CCC1(C)NC(C)N(C2CCCCC2)C1=O. The highest BCUT2D eigenvalue weighted by molar-refractivity contribution is 5.88. The van der Waals surface area contributed by atoms with Gasteiger partial charge in [0.05, 0.1) is 11.7 Å². The summed E-state index contributed by atoms with van der Waals surface area (Å²) in [7, 11) is 0. The topological polar surface area (TPSA) is 32.3 Å². The van der Waals surface area contributed by atoms with Gasteiger partial charge in [0.15, 0.2) is 0 Å². The second-order valence-corrected chi connectivity index (χ2v) is 5.51. The number of hydrogen-bond donors (Lipinski definition) is 1. The van der Waals surface area contributed by atoms with Gasteiger partial charge in [0.1, 0.15) is 0 Å². The number of nitrogens with one attached hydrogen (secondary N) is 1. The first-order valence-corrected chi connectivity index (χ1v) is 6.69. The van der Waals surface area contributed by atoms with Gasteiger partial charge in [-0.3, -0.25) is 10.1 Å². The van der Waals surface area contributed by atoms with Crippen LogP contribution in [0.2, 0.25) is 0 Å². The average Bonchev–Trinajstić information content (AvgIpc) is 2.52. The van der Waals surface area contributed by atoms with Gasteiger partial charge in [-0.1, -0.05) is 26.2 Å². The predicted octanol–water partition coefficient (Wildman–Crippen LogP) is 2.27. The Bertz CT molecular complexity index is 273. The Balaban J connectivity index is 2.12. The first kappa shape index (κ1) is 11.9. The minimum absolute atomic E-state index is 0.209. The Kier molecular flexibility index (Phi) is 3.24. The lowest BCUT2D eigenvalue weighted by Crippen LogP contribution is -2.45. The second kappa shape index (κ2) is 4.36. The van der Waals surface area contributed by atoms with E-state index < -0.39 is 0 Å². The molecule has 2 fully saturated rings. The van der Waals surface area contributed by atoms with Gasteiger partial charge >= 0.3 is 0 Å². The van der Waals surface area contributed by atoms with Gasteiger partial charge in [-0.15, -0.1) is 0 Å². The molecule has 0 spiro atoms. The van der Waals surface area contributed by atoms with Gasteiger partial charge < -0.3 is 4.90 Å². The Labute approximate surface area is 98.6 Å². The lowest BCUT2D eigenvalue weighted by atomic mass is 9.92. The summed E-state index contributed by atoms with van der Waals surface area (Å²) in [5, 5.41) is 3.45. The summed E-state index contributed by atoms with van der Waals surface area (Å²) in [4.78, 5) is 14.5. The average molecular weight is 224 g/mol. The summed E-state index contributed by atoms with van der Waals surface area (Å²) in [6, 6.07) is 0.483. The third-order valence-corrected chi connectivity index (χ3v) is 4.33. The standard InChI is InChI=1S/C13H24N2O/c1-4-13(3)12(16)15(10(2)14-13)11-8-6-5-7-9-11/h10-11,14H,4-9H2,1-3H3. The van der Waals surface area contributed by atoms with Crippen molar-refractivity contribution < 1.29 is 4.79 Å². The zero-order chi connectivity index (χ0) is 11.8. The highest BCUT2D eigenvalue weighted by Crippen LogP contribution is 2.31. The van der Waals surface area contributed by atoms with Crippen molar-refractivity contribution in [2.45, 2.75) is 77.0 Å². The maximum atomic E-state index is 12.4. The normalized spacial score (nSPS) is 37.1. The van der Waals surface area contributed by atoms with Gasteiger partial charge in [-0.25, -0.2) is 0 Å². The monoisotopic (exact) mass is 224 g/mol. The van der Waals surface area contributed by atoms with Crippen LogP contribution in [-0.2, 0) is 4.79 Å². The van der Waals surface area contributed by atoms with E-state index in [0.717, 1.165) is 6.42 Å². The zero-order valence-electron chi connectivity index (χ0n) is 10.8. The summed E-state index contributed by atoms with van der Waals surface area (Å²) in [6.45, 7) is 6.24. The minimum atomic E-state index is -0.323. The molecule has 16 heavy (non-hydrogen) atoms. The molecule has 1 N–H and O–H groups in total. The van der Waals surface area contributed by atoms with Crippen LogP contribution < -0.4 is 5.32 Å². The van der Waals surface area contributed by atoms with E-state index in [0.29, 0.717) is 11.9 Å². The number of carbonyl (C=O) groups is 1. The van der Waals surface area contributed by atoms with Crippen LogP contribution >= 0.6 is 0 Å². The van der Waals surface area contributed by atoms with Gasteiger partial charge in [-0.2, -0.15) is 0 Å². The van der Waals surface area contributed by atoms with E-state index in [-0.39, 0.29) is 11.7 Å².